The van der Waals surface area contributed by atoms with Crippen molar-refractivity contribution in [2.75, 3.05) is 6.61 Å². The van der Waals surface area contributed by atoms with Crippen molar-refractivity contribution in [3.63, 3.8) is 0 Å². The van der Waals surface area contributed by atoms with Crippen molar-refractivity contribution in [3.8, 4) is 5.88 Å². The SMILES string of the molecule is CCOC(=O)Cn1c(O)c(N=Nc2ccc(S(N)(=O)=O)cc2)c2ccccc21. The number of hydrogen-bond acceptors (Lipinski definition) is 7. The minimum absolute atomic E-state index is 0.0414. The summed E-state index contributed by atoms with van der Waals surface area (Å²) < 4.78 is 28.9. The molecule has 3 aromatic rings. The quantitative estimate of drug-likeness (QED) is 0.482. The fraction of sp³-hybridized carbons (Fsp3) is 0.167. The lowest BCUT2D eigenvalue weighted by molar-refractivity contribution is -0.143. The van der Waals surface area contributed by atoms with Crippen molar-refractivity contribution in [2.45, 2.75) is 18.4 Å². The molecule has 0 aliphatic rings. The van der Waals surface area contributed by atoms with Crippen LogP contribution in [-0.2, 0) is 26.1 Å². The molecule has 146 valence electrons. The predicted octanol–water partition coefficient (Wildman–Crippen LogP) is 2.97. The van der Waals surface area contributed by atoms with Crippen LogP contribution in [0.3, 0.4) is 0 Å². The summed E-state index contributed by atoms with van der Waals surface area (Å²) in [5.74, 6) is -0.709. The van der Waals surface area contributed by atoms with E-state index in [-0.39, 0.29) is 29.6 Å². The third kappa shape index (κ3) is 4.02. The van der Waals surface area contributed by atoms with E-state index in [0.717, 1.165) is 0 Å². The summed E-state index contributed by atoms with van der Waals surface area (Å²) in [6, 6.07) is 12.5. The molecule has 0 unspecified atom stereocenters. The van der Waals surface area contributed by atoms with Gasteiger partial charge in [0.2, 0.25) is 15.9 Å². The number of para-hydroxylation sites is 1. The number of carbonyl (C=O) groups excluding carboxylic acids is 1. The molecule has 0 saturated heterocycles. The number of hydrogen-bond donors (Lipinski definition) is 2. The first-order chi connectivity index (χ1) is 13.3. The summed E-state index contributed by atoms with van der Waals surface area (Å²) in [5, 5.41) is 24.4. The molecule has 0 aliphatic carbocycles. The zero-order valence-electron chi connectivity index (χ0n) is 14.9. The number of nitrogens with two attached hydrogens (primary N) is 1. The number of benzene rings is 2. The number of fused-ring (bicyclic) bond motifs is 1. The van der Waals surface area contributed by atoms with Crippen molar-refractivity contribution < 1.29 is 23.1 Å². The van der Waals surface area contributed by atoms with E-state index in [1.807, 2.05) is 0 Å². The Morgan fingerprint density at radius 1 is 1.14 bits per heavy atom. The molecular formula is C18H18N4O5S. The van der Waals surface area contributed by atoms with E-state index in [1.54, 1.807) is 31.2 Å². The molecule has 28 heavy (non-hydrogen) atoms. The van der Waals surface area contributed by atoms with Gasteiger partial charge < -0.3 is 9.84 Å². The highest BCUT2D eigenvalue weighted by molar-refractivity contribution is 7.89. The van der Waals surface area contributed by atoms with Crippen LogP contribution in [0, 0.1) is 0 Å². The van der Waals surface area contributed by atoms with Gasteiger partial charge in [-0.25, -0.2) is 13.6 Å². The lowest BCUT2D eigenvalue weighted by atomic mass is 10.2. The summed E-state index contributed by atoms with van der Waals surface area (Å²) in [5.41, 5.74) is 1.16. The molecule has 0 fully saturated rings. The summed E-state index contributed by atoms with van der Waals surface area (Å²) in [6.07, 6.45) is 0. The summed E-state index contributed by atoms with van der Waals surface area (Å²) in [6.45, 7) is 1.77. The summed E-state index contributed by atoms with van der Waals surface area (Å²) in [7, 11) is -3.79. The van der Waals surface area contributed by atoms with Crippen molar-refractivity contribution in [2.24, 2.45) is 15.4 Å². The predicted molar refractivity (Wildman–Crippen MR) is 102 cm³/mol. The molecular weight excluding hydrogens is 384 g/mol. The topological polar surface area (TPSA) is 136 Å². The lowest BCUT2D eigenvalue weighted by Gasteiger charge is -2.06. The maximum Gasteiger partial charge on any atom is 0.326 e. The number of azo groups is 1. The first-order valence-electron chi connectivity index (χ1n) is 8.31. The van der Waals surface area contributed by atoms with Gasteiger partial charge in [-0.2, -0.15) is 5.11 Å². The van der Waals surface area contributed by atoms with Crippen molar-refractivity contribution >= 4 is 38.3 Å². The number of primary sulfonamides is 1. The third-order valence-electron chi connectivity index (χ3n) is 3.94. The second-order valence-corrected chi connectivity index (χ2v) is 7.38. The molecule has 0 radical (unpaired) electrons. The van der Waals surface area contributed by atoms with E-state index in [2.05, 4.69) is 10.2 Å². The van der Waals surface area contributed by atoms with Crippen LogP contribution >= 0.6 is 0 Å². The molecule has 2 aromatic carbocycles. The van der Waals surface area contributed by atoms with E-state index in [1.165, 1.54) is 28.8 Å². The van der Waals surface area contributed by atoms with Gasteiger partial charge in [0.25, 0.3) is 0 Å². The molecule has 0 aliphatic heterocycles. The monoisotopic (exact) mass is 402 g/mol. The Balaban J connectivity index is 1.98. The first kappa shape index (κ1) is 19.5. The second-order valence-electron chi connectivity index (χ2n) is 5.82. The Morgan fingerprint density at radius 2 is 1.82 bits per heavy atom. The van der Waals surface area contributed by atoms with Gasteiger partial charge in [-0.05, 0) is 37.3 Å². The molecule has 3 N–H and O–H groups in total. The van der Waals surface area contributed by atoms with E-state index >= 15 is 0 Å². The molecule has 0 bridgehead atoms. The minimum atomic E-state index is -3.79. The highest BCUT2D eigenvalue weighted by atomic mass is 32.2. The smallest absolute Gasteiger partial charge is 0.326 e. The van der Waals surface area contributed by atoms with Gasteiger partial charge in [-0.1, -0.05) is 18.2 Å². The number of sulfonamides is 1. The number of nitrogens with zero attached hydrogens (tertiary/aromatic N) is 3. The van der Waals surface area contributed by atoms with Gasteiger partial charge in [0, 0.05) is 5.39 Å². The van der Waals surface area contributed by atoms with Crippen molar-refractivity contribution in [3.05, 3.63) is 48.5 Å². The standard InChI is InChI=1S/C18H18N4O5S/c1-2-27-16(23)11-22-15-6-4-3-5-14(15)17(18(22)24)21-20-12-7-9-13(10-8-12)28(19,25)26/h3-10,24H,2,11H2,1H3,(H2,19,25,26). The van der Waals surface area contributed by atoms with Gasteiger partial charge >= 0.3 is 5.97 Å². The van der Waals surface area contributed by atoms with Crippen LogP contribution in [0.25, 0.3) is 10.9 Å². The van der Waals surface area contributed by atoms with Crippen molar-refractivity contribution in [1.82, 2.24) is 4.57 Å². The van der Waals surface area contributed by atoms with E-state index in [9.17, 15) is 18.3 Å². The van der Waals surface area contributed by atoms with E-state index in [4.69, 9.17) is 9.88 Å². The van der Waals surface area contributed by atoms with Crippen LogP contribution in [0.2, 0.25) is 0 Å². The Kier molecular flexibility index (Phi) is 5.43. The van der Waals surface area contributed by atoms with Gasteiger partial charge in [0.15, 0.2) is 5.69 Å². The average molecular weight is 402 g/mol. The Hall–Kier alpha value is -3.24. The van der Waals surface area contributed by atoms with E-state index < -0.39 is 16.0 Å². The van der Waals surface area contributed by atoms with Gasteiger partial charge in [0.1, 0.15) is 6.54 Å². The molecule has 1 heterocycles. The maximum absolute atomic E-state index is 11.8. The molecule has 10 heteroatoms. The van der Waals surface area contributed by atoms with Crippen molar-refractivity contribution in [1.29, 1.82) is 0 Å². The molecule has 0 amide bonds. The number of aromatic hydroxyl groups is 1. The highest BCUT2D eigenvalue weighted by Gasteiger charge is 2.18. The first-order valence-corrected chi connectivity index (χ1v) is 9.86. The number of esters is 1. The fourth-order valence-electron chi connectivity index (χ4n) is 2.68. The van der Waals surface area contributed by atoms with Crippen LogP contribution in [-0.4, -0.2) is 30.7 Å². The Labute approximate surface area is 161 Å². The highest BCUT2D eigenvalue weighted by Crippen LogP contribution is 2.39. The average Bonchev–Trinajstić information content (AvgIpc) is 2.91. The molecule has 1 aromatic heterocycles. The van der Waals surface area contributed by atoms with Gasteiger partial charge in [0.05, 0.1) is 22.7 Å². The number of aromatic nitrogens is 1. The molecule has 9 nitrogen and oxygen atoms in total. The van der Waals surface area contributed by atoms with Crippen LogP contribution in [0.4, 0.5) is 11.4 Å². The zero-order chi connectivity index (χ0) is 20.3. The molecule has 3 rings (SSSR count). The minimum Gasteiger partial charge on any atom is -0.493 e. The third-order valence-corrected chi connectivity index (χ3v) is 4.87. The Morgan fingerprint density at radius 3 is 2.46 bits per heavy atom. The van der Waals surface area contributed by atoms with Crippen LogP contribution in [0.5, 0.6) is 5.88 Å². The fourth-order valence-corrected chi connectivity index (χ4v) is 3.19. The van der Waals surface area contributed by atoms with Crippen LogP contribution in [0.15, 0.2) is 63.7 Å². The number of ether oxygens (including phenoxy) is 1. The number of rotatable bonds is 6. The lowest BCUT2D eigenvalue weighted by Crippen LogP contribution is -2.12. The number of carbonyl (C=O) groups is 1. The second kappa shape index (κ2) is 7.79. The van der Waals surface area contributed by atoms with Crippen LogP contribution in [0.1, 0.15) is 6.92 Å². The van der Waals surface area contributed by atoms with E-state index in [0.29, 0.717) is 16.6 Å². The van der Waals surface area contributed by atoms with Gasteiger partial charge in [-0.3, -0.25) is 9.36 Å². The largest absolute Gasteiger partial charge is 0.493 e. The zero-order valence-corrected chi connectivity index (χ0v) is 15.8. The summed E-state index contributed by atoms with van der Waals surface area (Å²) >= 11 is 0. The van der Waals surface area contributed by atoms with Crippen LogP contribution < -0.4 is 5.14 Å². The maximum atomic E-state index is 11.8. The summed E-state index contributed by atoms with van der Waals surface area (Å²) in [4.78, 5) is 11.8. The van der Waals surface area contributed by atoms with Gasteiger partial charge in [-0.15, -0.1) is 5.11 Å². The molecule has 0 spiro atoms. The Bertz CT molecular complexity index is 1150. The molecule has 0 saturated carbocycles. The molecule has 0 atom stereocenters. The normalized spacial score (nSPS) is 11.9.